The molecule has 0 saturated heterocycles. The average molecular weight is 445 g/mol. The normalized spacial score (nSPS) is 10.9. The number of hydrogen-bond acceptors (Lipinski definition) is 3. The van der Waals surface area contributed by atoms with Gasteiger partial charge in [-0.2, -0.15) is 0 Å². The lowest BCUT2D eigenvalue weighted by molar-refractivity contribution is 0.267. The van der Waals surface area contributed by atoms with Gasteiger partial charge in [-0.1, -0.05) is 41.9 Å². The Morgan fingerprint density at radius 2 is 1.81 bits per heavy atom. The zero-order chi connectivity index (χ0) is 19.1. The van der Waals surface area contributed by atoms with Gasteiger partial charge in [0, 0.05) is 11.2 Å². The number of rotatable bonds is 7. The van der Waals surface area contributed by atoms with Gasteiger partial charge in [0.2, 0.25) is 0 Å². The molecule has 0 fully saturated rings. The van der Waals surface area contributed by atoms with E-state index in [1.807, 2.05) is 79.9 Å². The number of halogens is 2. The largest absolute Gasteiger partial charge is 0.490 e. The maximum Gasteiger partial charge on any atom is 0.175 e. The zero-order valence-electron chi connectivity index (χ0n) is 14.9. The third-order valence-corrected chi connectivity index (χ3v) is 4.55. The molecule has 0 saturated carbocycles. The second-order valence-electron chi connectivity index (χ2n) is 5.78. The number of hydrogen-bond donors (Lipinski definition) is 0. The van der Waals surface area contributed by atoms with Crippen molar-refractivity contribution >= 4 is 39.4 Å². The van der Waals surface area contributed by atoms with Gasteiger partial charge in [0.15, 0.2) is 11.5 Å². The lowest BCUT2D eigenvalue weighted by Gasteiger charge is -2.15. The van der Waals surface area contributed by atoms with E-state index >= 15 is 0 Å². The number of nitrogens with zero attached hydrogens (tertiary/aromatic N) is 1. The lowest BCUT2D eigenvalue weighted by atomic mass is 10.2. The molecule has 3 rings (SSSR count). The molecule has 0 atom stereocenters. The van der Waals surface area contributed by atoms with E-state index in [1.54, 1.807) is 0 Å². The molecule has 0 aliphatic heterocycles. The number of benzene rings is 3. The average Bonchev–Trinajstić information content (AvgIpc) is 2.67. The van der Waals surface area contributed by atoms with Crippen LogP contribution in [-0.2, 0) is 6.61 Å². The molecule has 3 nitrogen and oxygen atoms in total. The van der Waals surface area contributed by atoms with Gasteiger partial charge in [0.05, 0.1) is 16.8 Å². The molecule has 5 heteroatoms. The second kappa shape index (κ2) is 9.58. The summed E-state index contributed by atoms with van der Waals surface area (Å²) in [6.45, 7) is 2.88. The SMILES string of the molecule is CCOc1cc(C=Nc2ccccc2)cc(Br)c1OCc1cccc(Cl)c1. The third-order valence-electron chi connectivity index (χ3n) is 3.72. The molecule has 0 N–H and O–H groups in total. The predicted octanol–water partition coefficient (Wildman–Crippen LogP) is 6.83. The lowest BCUT2D eigenvalue weighted by Crippen LogP contribution is -2.01. The van der Waals surface area contributed by atoms with Crippen LogP contribution in [0.4, 0.5) is 5.69 Å². The molecule has 0 aliphatic rings. The highest BCUT2D eigenvalue weighted by Crippen LogP contribution is 2.37. The highest BCUT2D eigenvalue weighted by atomic mass is 79.9. The fourth-order valence-electron chi connectivity index (χ4n) is 2.51. The molecule has 0 radical (unpaired) electrons. The molecular weight excluding hydrogens is 426 g/mol. The van der Waals surface area contributed by atoms with Crippen molar-refractivity contribution in [2.75, 3.05) is 6.61 Å². The van der Waals surface area contributed by atoms with E-state index in [1.165, 1.54) is 0 Å². The molecule has 27 heavy (non-hydrogen) atoms. The van der Waals surface area contributed by atoms with E-state index in [4.69, 9.17) is 21.1 Å². The van der Waals surface area contributed by atoms with Gasteiger partial charge in [0.1, 0.15) is 6.61 Å². The van der Waals surface area contributed by atoms with Crippen molar-refractivity contribution < 1.29 is 9.47 Å². The summed E-state index contributed by atoms with van der Waals surface area (Å²) in [7, 11) is 0. The van der Waals surface area contributed by atoms with E-state index in [2.05, 4.69) is 20.9 Å². The highest BCUT2D eigenvalue weighted by molar-refractivity contribution is 9.10. The first-order valence-electron chi connectivity index (χ1n) is 8.58. The van der Waals surface area contributed by atoms with Crippen molar-refractivity contribution in [3.8, 4) is 11.5 Å². The van der Waals surface area contributed by atoms with Gasteiger partial charge in [-0.05, 0) is 70.4 Å². The Morgan fingerprint density at radius 1 is 1.00 bits per heavy atom. The van der Waals surface area contributed by atoms with Crippen LogP contribution in [0.25, 0.3) is 0 Å². The van der Waals surface area contributed by atoms with Crippen LogP contribution in [-0.4, -0.2) is 12.8 Å². The monoisotopic (exact) mass is 443 g/mol. The fraction of sp³-hybridized carbons (Fsp3) is 0.136. The van der Waals surface area contributed by atoms with Gasteiger partial charge in [-0.15, -0.1) is 0 Å². The topological polar surface area (TPSA) is 30.8 Å². The molecule has 138 valence electrons. The zero-order valence-corrected chi connectivity index (χ0v) is 17.2. The van der Waals surface area contributed by atoms with E-state index < -0.39 is 0 Å². The second-order valence-corrected chi connectivity index (χ2v) is 7.07. The summed E-state index contributed by atoms with van der Waals surface area (Å²) in [5.41, 5.74) is 2.81. The minimum Gasteiger partial charge on any atom is -0.490 e. The van der Waals surface area contributed by atoms with Crippen LogP contribution >= 0.6 is 27.5 Å². The summed E-state index contributed by atoms with van der Waals surface area (Å²) < 4.78 is 12.6. The van der Waals surface area contributed by atoms with Crippen molar-refractivity contribution in [2.45, 2.75) is 13.5 Å². The number of aliphatic imine (C=N–C) groups is 1. The first-order valence-corrected chi connectivity index (χ1v) is 9.75. The summed E-state index contributed by atoms with van der Waals surface area (Å²) in [5.74, 6) is 1.33. The Kier molecular flexibility index (Phi) is 6.91. The van der Waals surface area contributed by atoms with E-state index in [0.717, 1.165) is 21.3 Å². The van der Waals surface area contributed by atoms with Gasteiger partial charge < -0.3 is 9.47 Å². The number of ether oxygens (including phenoxy) is 2. The molecule has 3 aromatic rings. The van der Waals surface area contributed by atoms with Crippen LogP contribution in [0.1, 0.15) is 18.1 Å². The van der Waals surface area contributed by atoms with Crippen molar-refractivity contribution in [3.05, 3.63) is 87.4 Å². The maximum atomic E-state index is 6.04. The predicted molar refractivity (Wildman–Crippen MR) is 115 cm³/mol. The van der Waals surface area contributed by atoms with Crippen molar-refractivity contribution in [1.82, 2.24) is 0 Å². The molecule has 0 aromatic heterocycles. The molecule has 3 aromatic carbocycles. The summed E-state index contributed by atoms with van der Waals surface area (Å²) in [5, 5.41) is 0.688. The minimum atomic E-state index is 0.399. The van der Waals surface area contributed by atoms with Crippen molar-refractivity contribution in [1.29, 1.82) is 0 Å². The fourth-order valence-corrected chi connectivity index (χ4v) is 3.30. The maximum absolute atomic E-state index is 6.04. The Labute approximate surface area is 172 Å². The molecule has 0 heterocycles. The summed E-state index contributed by atoms with van der Waals surface area (Å²) in [6.07, 6.45) is 1.81. The van der Waals surface area contributed by atoms with Crippen LogP contribution in [0.2, 0.25) is 5.02 Å². The highest BCUT2D eigenvalue weighted by Gasteiger charge is 2.12. The Balaban J connectivity index is 1.82. The van der Waals surface area contributed by atoms with Crippen LogP contribution in [0.15, 0.2) is 76.2 Å². The summed E-state index contributed by atoms with van der Waals surface area (Å²) >= 11 is 9.63. The smallest absolute Gasteiger partial charge is 0.175 e. The first kappa shape index (κ1) is 19.5. The minimum absolute atomic E-state index is 0.399. The molecule has 0 aliphatic carbocycles. The van der Waals surface area contributed by atoms with Crippen molar-refractivity contribution in [2.24, 2.45) is 4.99 Å². The van der Waals surface area contributed by atoms with Gasteiger partial charge in [0.25, 0.3) is 0 Å². The molecule has 0 unspecified atom stereocenters. The summed E-state index contributed by atoms with van der Waals surface area (Å²) in [6, 6.07) is 21.3. The van der Waals surface area contributed by atoms with Crippen LogP contribution in [0.5, 0.6) is 11.5 Å². The third kappa shape index (κ3) is 5.59. The standard InChI is InChI=1S/C22H19BrClNO2/c1-2-26-21-13-17(14-25-19-9-4-3-5-10-19)12-20(23)22(21)27-15-16-7-6-8-18(24)11-16/h3-14H,2,15H2,1H3. The van der Waals surface area contributed by atoms with Crippen molar-refractivity contribution in [3.63, 3.8) is 0 Å². The Morgan fingerprint density at radius 3 is 2.56 bits per heavy atom. The molecule has 0 amide bonds. The van der Waals surface area contributed by atoms with Gasteiger partial charge >= 0.3 is 0 Å². The molecular formula is C22H19BrClNO2. The van der Waals surface area contributed by atoms with E-state index in [0.29, 0.717) is 29.7 Å². The van der Waals surface area contributed by atoms with Crippen LogP contribution < -0.4 is 9.47 Å². The number of para-hydroxylation sites is 1. The Bertz CT molecular complexity index is 929. The van der Waals surface area contributed by atoms with E-state index in [9.17, 15) is 0 Å². The Hall–Kier alpha value is -2.30. The summed E-state index contributed by atoms with van der Waals surface area (Å²) in [4.78, 5) is 4.49. The molecule has 0 spiro atoms. The van der Waals surface area contributed by atoms with E-state index in [-0.39, 0.29) is 0 Å². The van der Waals surface area contributed by atoms with Crippen LogP contribution in [0, 0.1) is 0 Å². The first-order chi connectivity index (χ1) is 13.2. The molecule has 0 bridgehead atoms. The van der Waals surface area contributed by atoms with Crippen LogP contribution in [0.3, 0.4) is 0 Å². The van der Waals surface area contributed by atoms with Gasteiger partial charge in [-0.25, -0.2) is 0 Å². The van der Waals surface area contributed by atoms with Gasteiger partial charge in [-0.3, -0.25) is 4.99 Å². The quantitative estimate of drug-likeness (QED) is 0.374.